The summed E-state index contributed by atoms with van der Waals surface area (Å²) in [6, 6.07) is 0. The van der Waals surface area contributed by atoms with Crippen LogP contribution in [0.1, 0.15) is 122 Å². The molecule has 0 aromatic heterocycles. The van der Waals surface area contributed by atoms with Crippen LogP contribution in [0.4, 0.5) is 0 Å². The molecular formula is C23H44O4. The zero-order valence-electron chi connectivity index (χ0n) is 17.7. The Morgan fingerprint density at radius 2 is 0.704 bits per heavy atom. The van der Waals surface area contributed by atoms with Gasteiger partial charge in [-0.3, -0.25) is 9.59 Å². The van der Waals surface area contributed by atoms with Gasteiger partial charge in [-0.2, -0.15) is 0 Å². The average Bonchev–Trinajstić information content (AvgIpc) is 2.61. The van der Waals surface area contributed by atoms with Crippen molar-refractivity contribution >= 4 is 11.9 Å². The maximum Gasteiger partial charge on any atom is 0.303 e. The molecule has 0 bridgehead atoms. The van der Waals surface area contributed by atoms with Gasteiger partial charge in [-0.25, -0.2) is 0 Å². The highest BCUT2D eigenvalue weighted by molar-refractivity contribution is 5.66. The van der Waals surface area contributed by atoms with Crippen molar-refractivity contribution in [2.45, 2.75) is 122 Å². The summed E-state index contributed by atoms with van der Waals surface area (Å²) in [5.74, 6) is -1.35. The summed E-state index contributed by atoms with van der Waals surface area (Å²) >= 11 is 0. The van der Waals surface area contributed by atoms with Gasteiger partial charge in [0.15, 0.2) is 0 Å². The Bertz CT molecular complexity index is 309. The van der Waals surface area contributed by atoms with E-state index in [4.69, 9.17) is 10.2 Å². The van der Waals surface area contributed by atoms with Crippen molar-refractivity contribution in [3.05, 3.63) is 12.7 Å². The zero-order valence-corrected chi connectivity index (χ0v) is 17.7. The van der Waals surface area contributed by atoms with Crippen LogP contribution in [0.15, 0.2) is 12.7 Å². The number of hydrogen-bond acceptors (Lipinski definition) is 2. The van der Waals surface area contributed by atoms with Crippen molar-refractivity contribution in [2.24, 2.45) is 0 Å². The maximum absolute atomic E-state index is 10.4. The minimum atomic E-state index is -0.673. The van der Waals surface area contributed by atoms with Crippen LogP contribution in [0.2, 0.25) is 0 Å². The lowest BCUT2D eigenvalue weighted by atomic mass is 10.0. The molecule has 160 valence electrons. The van der Waals surface area contributed by atoms with Gasteiger partial charge in [0.1, 0.15) is 0 Å². The van der Waals surface area contributed by atoms with E-state index in [1.54, 1.807) is 6.08 Å². The normalized spacial score (nSPS) is 10.1. The number of carboxylic acids is 2. The van der Waals surface area contributed by atoms with Gasteiger partial charge in [0.25, 0.3) is 0 Å². The average molecular weight is 385 g/mol. The SMILES string of the molecule is C=CC.O=C(O)CCCCCCCCCCCCCCCCCCC(=O)O. The summed E-state index contributed by atoms with van der Waals surface area (Å²) in [6.45, 7) is 5.25. The van der Waals surface area contributed by atoms with Gasteiger partial charge in [-0.15, -0.1) is 6.58 Å². The molecule has 0 fully saturated rings. The molecule has 0 radical (unpaired) electrons. The molecule has 0 aromatic carbocycles. The summed E-state index contributed by atoms with van der Waals surface area (Å²) < 4.78 is 0. The molecule has 0 rings (SSSR count). The lowest BCUT2D eigenvalue weighted by molar-refractivity contribution is -0.138. The second kappa shape index (κ2) is 24.7. The molecule has 0 saturated carbocycles. The van der Waals surface area contributed by atoms with Crippen molar-refractivity contribution in [2.75, 3.05) is 0 Å². The smallest absolute Gasteiger partial charge is 0.303 e. The number of hydrogen-bond donors (Lipinski definition) is 2. The van der Waals surface area contributed by atoms with Crippen LogP contribution in [-0.2, 0) is 9.59 Å². The number of aliphatic carboxylic acids is 2. The van der Waals surface area contributed by atoms with E-state index in [1.807, 2.05) is 6.92 Å². The Balaban J connectivity index is 0. The van der Waals surface area contributed by atoms with Crippen LogP contribution in [0.3, 0.4) is 0 Å². The van der Waals surface area contributed by atoms with Crippen molar-refractivity contribution in [3.63, 3.8) is 0 Å². The molecule has 4 nitrogen and oxygen atoms in total. The number of unbranched alkanes of at least 4 members (excludes halogenated alkanes) is 15. The van der Waals surface area contributed by atoms with Gasteiger partial charge in [0, 0.05) is 12.8 Å². The highest BCUT2D eigenvalue weighted by Crippen LogP contribution is 2.14. The van der Waals surface area contributed by atoms with Gasteiger partial charge < -0.3 is 10.2 Å². The number of carbonyl (C=O) groups is 2. The standard InChI is InChI=1S/C20H38O4.C3H6/c21-19(22)17-15-13-11-9-7-5-3-1-2-4-6-8-10-12-14-16-18-20(23)24;1-3-2/h1-18H2,(H,21,22)(H,23,24);3H,1H2,2H3. The lowest BCUT2D eigenvalue weighted by Gasteiger charge is -2.03. The Kier molecular flexibility index (Phi) is 25.5. The second-order valence-corrected chi connectivity index (χ2v) is 7.35. The predicted octanol–water partition coefficient (Wildman–Crippen LogP) is 7.37. The molecule has 27 heavy (non-hydrogen) atoms. The number of rotatable bonds is 19. The van der Waals surface area contributed by atoms with Gasteiger partial charge in [-0.1, -0.05) is 96.0 Å². The molecular weight excluding hydrogens is 340 g/mol. The van der Waals surface area contributed by atoms with Crippen molar-refractivity contribution in [1.29, 1.82) is 0 Å². The molecule has 0 aromatic rings. The third-order valence-corrected chi connectivity index (χ3v) is 4.53. The van der Waals surface area contributed by atoms with Crippen LogP contribution >= 0.6 is 0 Å². The van der Waals surface area contributed by atoms with Gasteiger partial charge >= 0.3 is 11.9 Å². The summed E-state index contributed by atoms with van der Waals surface area (Å²) in [5.41, 5.74) is 0. The Morgan fingerprint density at radius 3 is 0.852 bits per heavy atom. The Labute approximate surface area is 167 Å². The summed E-state index contributed by atoms with van der Waals surface area (Å²) in [7, 11) is 0. The molecule has 4 heteroatoms. The summed E-state index contributed by atoms with van der Waals surface area (Å²) in [6.07, 6.45) is 21.6. The molecule has 0 unspecified atom stereocenters. The molecule has 0 atom stereocenters. The van der Waals surface area contributed by atoms with E-state index in [9.17, 15) is 9.59 Å². The van der Waals surface area contributed by atoms with Crippen LogP contribution in [0, 0.1) is 0 Å². The molecule has 0 aliphatic heterocycles. The molecule has 0 aliphatic carbocycles. The van der Waals surface area contributed by atoms with Gasteiger partial charge in [0.05, 0.1) is 0 Å². The first kappa shape index (κ1) is 27.9. The largest absolute Gasteiger partial charge is 0.481 e. The predicted molar refractivity (Wildman–Crippen MR) is 114 cm³/mol. The van der Waals surface area contributed by atoms with Crippen LogP contribution < -0.4 is 0 Å². The van der Waals surface area contributed by atoms with E-state index in [-0.39, 0.29) is 0 Å². The monoisotopic (exact) mass is 384 g/mol. The van der Waals surface area contributed by atoms with Crippen molar-refractivity contribution in [3.8, 4) is 0 Å². The highest BCUT2D eigenvalue weighted by Gasteiger charge is 1.98. The molecule has 0 amide bonds. The number of carboxylic acid groups (broad SMARTS) is 2. The van der Waals surface area contributed by atoms with E-state index in [0.29, 0.717) is 12.8 Å². The van der Waals surface area contributed by atoms with Gasteiger partial charge in [0.2, 0.25) is 0 Å². The Morgan fingerprint density at radius 1 is 0.556 bits per heavy atom. The number of allylic oxidation sites excluding steroid dienone is 1. The van der Waals surface area contributed by atoms with Crippen molar-refractivity contribution < 1.29 is 19.8 Å². The third kappa shape index (κ3) is 32.8. The minimum absolute atomic E-state index is 0.322. The van der Waals surface area contributed by atoms with E-state index in [0.717, 1.165) is 25.7 Å². The lowest BCUT2D eigenvalue weighted by Crippen LogP contribution is -1.93. The fourth-order valence-corrected chi connectivity index (χ4v) is 3.03. The fourth-order valence-electron chi connectivity index (χ4n) is 3.03. The maximum atomic E-state index is 10.4. The third-order valence-electron chi connectivity index (χ3n) is 4.53. The van der Waals surface area contributed by atoms with Crippen LogP contribution in [0.5, 0.6) is 0 Å². The quantitative estimate of drug-likeness (QED) is 0.180. The summed E-state index contributed by atoms with van der Waals surface area (Å²) in [4.78, 5) is 20.7. The molecule has 0 spiro atoms. The molecule has 0 heterocycles. The van der Waals surface area contributed by atoms with E-state index < -0.39 is 11.9 Å². The molecule has 0 saturated heterocycles. The Hall–Kier alpha value is -1.32. The van der Waals surface area contributed by atoms with Gasteiger partial charge in [-0.05, 0) is 19.8 Å². The fraction of sp³-hybridized carbons (Fsp3) is 0.826. The first-order chi connectivity index (χ1) is 13.0. The highest BCUT2D eigenvalue weighted by atomic mass is 16.4. The zero-order chi connectivity index (χ0) is 20.6. The topological polar surface area (TPSA) is 74.6 Å². The second-order valence-electron chi connectivity index (χ2n) is 7.35. The van der Waals surface area contributed by atoms with E-state index >= 15 is 0 Å². The van der Waals surface area contributed by atoms with Crippen molar-refractivity contribution in [1.82, 2.24) is 0 Å². The molecule has 2 N–H and O–H groups in total. The minimum Gasteiger partial charge on any atom is -0.481 e. The first-order valence-corrected chi connectivity index (χ1v) is 11.0. The first-order valence-electron chi connectivity index (χ1n) is 11.0. The van der Waals surface area contributed by atoms with E-state index in [1.165, 1.54) is 77.0 Å². The molecule has 0 aliphatic rings. The summed E-state index contributed by atoms with van der Waals surface area (Å²) in [5, 5.41) is 17.1. The van der Waals surface area contributed by atoms with E-state index in [2.05, 4.69) is 6.58 Å². The van der Waals surface area contributed by atoms with Crippen LogP contribution in [0.25, 0.3) is 0 Å². The van der Waals surface area contributed by atoms with Crippen LogP contribution in [-0.4, -0.2) is 22.2 Å².